The SMILES string of the molecule is COc1ccccc1N1CCN(C(=O)c2cc(C3CC3)[nH]n2)[C@@H](C)C1. The number of nitrogens with zero attached hydrogens (tertiary/aromatic N) is 3. The van der Waals surface area contributed by atoms with Crippen molar-refractivity contribution in [2.24, 2.45) is 0 Å². The van der Waals surface area contributed by atoms with Gasteiger partial charge >= 0.3 is 0 Å². The van der Waals surface area contributed by atoms with E-state index >= 15 is 0 Å². The average molecular weight is 340 g/mol. The lowest BCUT2D eigenvalue weighted by molar-refractivity contribution is 0.0668. The molecule has 0 radical (unpaired) electrons. The number of methoxy groups -OCH3 is 1. The largest absolute Gasteiger partial charge is 0.495 e. The number of aromatic nitrogens is 2. The quantitative estimate of drug-likeness (QED) is 0.929. The molecule has 4 rings (SSSR count). The number of hydrogen-bond donors (Lipinski definition) is 1. The summed E-state index contributed by atoms with van der Waals surface area (Å²) < 4.78 is 5.47. The highest BCUT2D eigenvalue weighted by atomic mass is 16.5. The lowest BCUT2D eigenvalue weighted by Gasteiger charge is -2.41. The van der Waals surface area contributed by atoms with Gasteiger partial charge in [0.15, 0.2) is 0 Å². The molecular formula is C19H24N4O2. The second-order valence-electron chi connectivity index (χ2n) is 6.95. The Morgan fingerprint density at radius 2 is 2.08 bits per heavy atom. The number of amides is 1. The van der Waals surface area contributed by atoms with E-state index in [-0.39, 0.29) is 11.9 Å². The van der Waals surface area contributed by atoms with Crippen molar-refractivity contribution in [1.29, 1.82) is 0 Å². The minimum atomic E-state index is 0.0235. The van der Waals surface area contributed by atoms with E-state index in [0.717, 1.165) is 30.2 Å². The molecule has 6 nitrogen and oxygen atoms in total. The Hall–Kier alpha value is -2.50. The van der Waals surface area contributed by atoms with Crippen LogP contribution in [-0.4, -0.2) is 53.8 Å². The third-order valence-corrected chi connectivity index (χ3v) is 5.15. The Labute approximate surface area is 147 Å². The van der Waals surface area contributed by atoms with Crippen LogP contribution in [0, 0.1) is 0 Å². The second kappa shape index (κ2) is 6.43. The zero-order valence-electron chi connectivity index (χ0n) is 14.7. The second-order valence-corrected chi connectivity index (χ2v) is 6.95. The number of para-hydroxylation sites is 2. The Balaban J connectivity index is 1.46. The number of hydrogen-bond acceptors (Lipinski definition) is 4. The van der Waals surface area contributed by atoms with Crippen LogP contribution in [0.15, 0.2) is 30.3 Å². The van der Waals surface area contributed by atoms with Crippen LogP contribution in [-0.2, 0) is 0 Å². The van der Waals surface area contributed by atoms with Crippen molar-refractivity contribution < 1.29 is 9.53 Å². The molecule has 0 spiro atoms. The highest BCUT2D eigenvalue weighted by Gasteiger charge is 2.32. The molecule has 2 aromatic rings. The van der Waals surface area contributed by atoms with E-state index in [0.29, 0.717) is 18.2 Å². The van der Waals surface area contributed by atoms with Crippen molar-refractivity contribution in [3.05, 3.63) is 41.7 Å². The number of piperazine rings is 1. The molecular weight excluding hydrogens is 316 g/mol. The van der Waals surface area contributed by atoms with Crippen LogP contribution in [0.2, 0.25) is 0 Å². The molecule has 1 atom stereocenters. The first-order valence-corrected chi connectivity index (χ1v) is 8.91. The van der Waals surface area contributed by atoms with Gasteiger partial charge in [-0.25, -0.2) is 0 Å². The highest BCUT2D eigenvalue weighted by Crippen LogP contribution is 2.39. The van der Waals surface area contributed by atoms with Gasteiger partial charge in [0.2, 0.25) is 0 Å². The van der Waals surface area contributed by atoms with Crippen molar-refractivity contribution in [2.45, 2.75) is 31.7 Å². The van der Waals surface area contributed by atoms with Crippen molar-refractivity contribution >= 4 is 11.6 Å². The number of aromatic amines is 1. The molecule has 1 aromatic heterocycles. The van der Waals surface area contributed by atoms with Crippen molar-refractivity contribution in [2.75, 3.05) is 31.6 Å². The number of carbonyl (C=O) groups excluding carboxylic acids is 1. The van der Waals surface area contributed by atoms with Crippen LogP contribution in [0.5, 0.6) is 5.75 Å². The molecule has 1 N–H and O–H groups in total. The summed E-state index contributed by atoms with van der Waals surface area (Å²) >= 11 is 0. The van der Waals surface area contributed by atoms with Crippen LogP contribution in [0.3, 0.4) is 0 Å². The number of benzene rings is 1. The summed E-state index contributed by atoms with van der Waals surface area (Å²) in [4.78, 5) is 17.0. The summed E-state index contributed by atoms with van der Waals surface area (Å²) in [5, 5.41) is 7.27. The Kier molecular flexibility index (Phi) is 4.11. The highest BCUT2D eigenvalue weighted by molar-refractivity contribution is 5.92. The molecule has 1 aliphatic carbocycles. The summed E-state index contributed by atoms with van der Waals surface area (Å²) in [6.45, 7) is 4.35. The van der Waals surface area contributed by atoms with E-state index in [1.165, 1.54) is 12.8 Å². The molecule has 6 heteroatoms. The van der Waals surface area contributed by atoms with Crippen molar-refractivity contribution in [3.8, 4) is 5.75 Å². The van der Waals surface area contributed by atoms with E-state index in [2.05, 4.69) is 28.1 Å². The van der Waals surface area contributed by atoms with E-state index in [1.54, 1.807) is 7.11 Å². The molecule has 1 aliphatic heterocycles. The monoisotopic (exact) mass is 340 g/mol. The van der Waals surface area contributed by atoms with Gasteiger partial charge in [-0.15, -0.1) is 0 Å². The first-order valence-electron chi connectivity index (χ1n) is 8.91. The van der Waals surface area contributed by atoms with Crippen LogP contribution < -0.4 is 9.64 Å². The lowest BCUT2D eigenvalue weighted by Crippen LogP contribution is -2.54. The van der Waals surface area contributed by atoms with Gasteiger partial charge in [-0.2, -0.15) is 5.10 Å². The van der Waals surface area contributed by atoms with Gasteiger partial charge in [0.1, 0.15) is 11.4 Å². The van der Waals surface area contributed by atoms with Crippen molar-refractivity contribution in [1.82, 2.24) is 15.1 Å². The molecule has 0 unspecified atom stereocenters. The third-order valence-electron chi connectivity index (χ3n) is 5.15. The van der Waals surface area contributed by atoms with Gasteiger partial charge < -0.3 is 14.5 Å². The normalized spacial score (nSPS) is 20.6. The smallest absolute Gasteiger partial charge is 0.274 e. The molecule has 2 aliphatic rings. The summed E-state index contributed by atoms with van der Waals surface area (Å²) in [7, 11) is 1.69. The van der Waals surface area contributed by atoms with E-state index < -0.39 is 0 Å². The first-order chi connectivity index (χ1) is 12.2. The van der Waals surface area contributed by atoms with Gasteiger partial charge in [0.05, 0.1) is 12.8 Å². The maximum atomic E-state index is 12.8. The van der Waals surface area contributed by atoms with Crippen LogP contribution in [0.4, 0.5) is 5.69 Å². The summed E-state index contributed by atoms with van der Waals surface area (Å²) in [6, 6.07) is 10.1. The molecule has 2 heterocycles. The number of H-pyrrole nitrogens is 1. The van der Waals surface area contributed by atoms with Crippen LogP contribution in [0.25, 0.3) is 0 Å². The molecule has 1 saturated carbocycles. The number of anilines is 1. The zero-order valence-corrected chi connectivity index (χ0v) is 14.7. The van der Waals surface area contributed by atoms with E-state index in [1.807, 2.05) is 29.2 Å². The summed E-state index contributed by atoms with van der Waals surface area (Å²) in [5.41, 5.74) is 2.72. The minimum absolute atomic E-state index is 0.0235. The van der Waals surface area contributed by atoms with E-state index in [4.69, 9.17) is 4.74 Å². The fourth-order valence-corrected chi connectivity index (χ4v) is 3.57. The maximum Gasteiger partial charge on any atom is 0.274 e. The lowest BCUT2D eigenvalue weighted by atomic mass is 10.1. The molecule has 1 saturated heterocycles. The number of ether oxygens (including phenoxy) is 1. The molecule has 1 amide bonds. The van der Waals surface area contributed by atoms with Crippen LogP contribution >= 0.6 is 0 Å². The van der Waals surface area contributed by atoms with Gasteiger partial charge in [0, 0.05) is 37.3 Å². The minimum Gasteiger partial charge on any atom is -0.495 e. The van der Waals surface area contributed by atoms with Gasteiger partial charge in [0.25, 0.3) is 5.91 Å². The molecule has 132 valence electrons. The number of rotatable bonds is 4. The Morgan fingerprint density at radius 3 is 2.80 bits per heavy atom. The fraction of sp³-hybridized carbons (Fsp3) is 0.474. The molecule has 25 heavy (non-hydrogen) atoms. The third kappa shape index (κ3) is 3.08. The molecule has 2 fully saturated rings. The van der Waals surface area contributed by atoms with E-state index in [9.17, 15) is 4.79 Å². The van der Waals surface area contributed by atoms with Crippen LogP contribution in [0.1, 0.15) is 41.9 Å². The van der Waals surface area contributed by atoms with Gasteiger partial charge in [-0.1, -0.05) is 12.1 Å². The van der Waals surface area contributed by atoms with Gasteiger partial charge in [-0.3, -0.25) is 9.89 Å². The maximum absolute atomic E-state index is 12.8. The predicted octanol–water partition coefficient (Wildman–Crippen LogP) is 2.65. The average Bonchev–Trinajstić information content (AvgIpc) is 3.38. The zero-order chi connectivity index (χ0) is 17.4. The standard InChI is InChI=1S/C19H24N4O2/c1-13-12-22(17-5-3-4-6-18(17)25-2)9-10-23(13)19(24)16-11-15(20-21-16)14-7-8-14/h3-6,11,13-14H,7-10,12H2,1-2H3,(H,20,21)/t13-/m0/s1. The fourth-order valence-electron chi connectivity index (χ4n) is 3.57. The van der Waals surface area contributed by atoms with Gasteiger partial charge in [-0.05, 0) is 38.0 Å². The Bertz CT molecular complexity index is 768. The number of carbonyl (C=O) groups is 1. The summed E-state index contributed by atoms with van der Waals surface area (Å²) in [6.07, 6.45) is 2.40. The molecule has 0 bridgehead atoms. The topological polar surface area (TPSA) is 61.5 Å². The first kappa shape index (κ1) is 16.0. The Morgan fingerprint density at radius 1 is 1.28 bits per heavy atom. The molecule has 1 aromatic carbocycles. The van der Waals surface area contributed by atoms with Crippen molar-refractivity contribution in [3.63, 3.8) is 0 Å². The summed E-state index contributed by atoms with van der Waals surface area (Å²) in [5.74, 6) is 1.47. The number of nitrogens with one attached hydrogen (secondary N) is 1. The predicted molar refractivity (Wildman–Crippen MR) is 96.3 cm³/mol.